The summed E-state index contributed by atoms with van der Waals surface area (Å²) in [5.74, 6) is 1.84. The third-order valence-electron chi connectivity index (χ3n) is 6.48. The van der Waals surface area contributed by atoms with Crippen LogP contribution in [0.3, 0.4) is 0 Å². The molecule has 1 saturated heterocycles. The van der Waals surface area contributed by atoms with Crippen LogP contribution in [0.2, 0.25) is 0 Å². The van der Waals surface area contributed by atoms with Gasteiger partial charge in [-0.15, -0.1) is 0 Å². The van der Waals surface area contributed by atoms with E-state index < -0.39 is 0 Å². The lowest BCUT2D eigenvalue weighted by Gasteiger charge is -2.37. The fourth-order valence-electron chi connectivity index (χ4n) is 4.34. The molecule has 2 rings (SSSR count). The lowest BCUT2D eigenvalue weighted by molar-refractivity contribution is -0.124. The van der Waals surface area contributed by atoms with Crippen LogP contribution in [0.5, 0.6) is 11.5 Å². The van der Waals surface area contributed by atoms with E-state index in [1.54, 1.807) is 0 Å². The summed E-state index contributed by atoms with van der Waals surface area (Å²) in [7, 11) is 0. The maximum absolute atomic E-state index is 13.7. The molecule has 33 heavy (non-hydrogen) atoms. The van der Waals surface area contributed by atoms with Gasteiger partial charge < -0.3 is 19.9 Å². The molecule has 0 N–H and O–H groups in total. The number of ketones is 1. The van der Waals surface area contributed by atoms with Gasteiger partial charge in [-0.3, -0.25) is 4.79 Å². The van der Waals surface area contributed by atoms with Crippen molar-refractivity contribution in [3.05, 3.63) is 23.7 Å². The van der Waals surface area contributed by atoms with Crippen LogP contribution in [-0.4, -0.2) is 42.1 Å². The van der Waals surface area contributed by atoms with E-state index >= 15 is 0 Å². The van der Waals surface area contributed by atoms with Crippen LogP contribution in [0.15, 0.2) is 18.2 Å². The van der Waals surface area contributed by atoms with Crippen molar-refractivity contribution in [3.63, 3.8) is 0 Å². The van der Waals surface area contributed by atoms with Crippen molar-refractivity contribution in [2.45, 2.75) is 97.9 Å². The van der Waals surface area contributed by atoms with E-state index in [0.29, 0.717) is 38.3 Å². The van der Waals surface area contributed by atoms with Crippen LogP contribution in [0.1, 0.15) is 91.9 Å². The number of benzene rings is 1. The zero-order chi connectivity index (χ0) is 24.1. The average Bonchev–Trinajstić information content (AvgIpc) is 2.85. The molecule has 2 atom stereocenters. The molecule has 0 aliphatic carbocycles. The Morgan fingerprint density at radius 2 is 1.79 bits per heavy atom. The fraction of sp³-hybridized carbons (Fsp3) is 0.704. The molecule has 1 aliphatic rings. The molecule has 0 spiro atoms. The van der Waals surface area contributed by atoms with Gasteiger partial charge in [-0.2, -0.15) is 4.79 Å². The molecule has 2 unspecified atom stereocenters. The Morgan fingerprint density at radius 3 is 2.42 bits per heavy atom. The Morgan fingerprint density at radius 1 is 1.09 bits per heavy atom. The number of hydrogen-bond donors (Lipinski definition) is 0. The number of carbonyl (C=O) groups excluding carboxylic acids is 1. The number of carbonyl (C=O) groups is 1. The molecule has 1 aromatic rings. The van der Waals surface area contributed by atoms with Crippen molar-refractivity contribution < 1.29 is 19.1 Å². The normalized spacial score (nSPS) is 16.9. The topological polar surface area (TPSA) is 75.2 Å². The Hall–Kier alpha value is -2.33. The van der Waals surface area contributed by atoms with Gasteiger partial charge in [0, 0.05) is 18.5 Å². The summed E-state index contributed by atoms with van der Waals surface area (Å²) in [6.45, 7) is 10.5. The first kappa shape index (κ1) is 26.9. The van der Waals surface area contributed by atoms with Gasteiger partial charge in [0.25, 0.3) is 5.71 Å². The van der Waals surface area contributed by atoms with Crippen LogP contribution in [-0.2, 0) is 4.79 Å². The molecule has 0 saturated carbocycles. The summed E-state index contributed by atoms with van der Waals surface area (Å²) >= 11 is 0. The first-order valence-corrected chi connectivity index (χ1v) is 13.0. The van der Waals surface area contributed by atoms with Gasteiger partial charge in [-0.25, -0.2) is 0 Å². The molecule has 6 heteroatoms. The first-order chi connectivity index (χ1) is 16.1. The van der Waals surface area contributed by atoms with Crippen molar-refractivity contribution >= 4 is 17.2 Å². The van der Waals surface area contributed by atoms with E-state index in [-0.39, 0.29) is 17.7 Å². The summed E-state index contributed by atoms with van der Waals surface area (Å²) < 4.78 is 12.1. The van der Waals surface area contributed by atoms with Gasteiger partial charge in [-0.05, 0) is 37.8 Å². The fourth-order valence-corrected chi connectivity index (χ4v) is 4.34. The van der Waals surface area contributed by atoms with E-state index in [4.69, 9.17) is 9.47 Å². The second-order valence-corrected chi connectivity index (χ2v) is 9.01. The average molecular weight is 458 g/mol. The highest BCUT2D eigenvalue weighted by molar-refractivity contribution is 5.96. The molecule has 0 aromatic heterocycles. The maximum atomic E-state index is 13.7. The molecular formula is C27H43N3O3. The third kappa shape index (κ3) is 7.89. The minimum Gasteiger partial charge on any atom is -0.494 e. The smallest absolute Gasteiger partial charge is 0.273 e. The van der Waals surface area contributed by atoms with Crippen molar-refractivity contribution in [1.82, 2.24) is 0 Å². The number of Topliss-reactive ketones (excluding diaryl/α,β-unsaturated/α-hetero) is 1. The summed E-state index contributed by atoms with van der Waals surface area (Å²) in [5.41, 5.74) is 11.1. The molecular weight excluding hydrogens is 414 g/mol. The molecule has 1 aliphatic heterocycles. The molecule has 0 radical (unpaired) electrons. The Bertz CT molecular complexity index is 789. The summed E-state index contributed by atoms with van der Waals surface area (Å²) in [5, 5.41) is 0. The number of rotatable bonds is 15. The van der Waals surface area contributed by atoms with E-state index in [1.165, 1.54) is 0 Å². The van der Waals surface area contributed by atoms with Gasteiger partial charge >= 0.3 is 0 Å². The van der Waals surface area contributed by atoms with Crippen LogP contribution in [0.25, 0.3) is 5.53 Å². The van der Waals surface area contributed by atoms with E-state index in [2.05, 4.69) is 37.4 Å². The Labute approximate surface area is 200 Å². The highest BCUT2D eigenvalue weighted by atomic mass is 16.5. The summed E-state index contributed by atoms with van der Waals surface area (Å²) in [4.78, 5) is 19.4. The van der Waals surface area contributed by atoms with Gasteiger partial charge in [0.15, 0.2) is 5.78 Å². The van der Waals surface area contributed by atoms with Crippen molar-refractivity contribution in [3.8, 4) is 11.5 Å². The molecule has 1 heterocycles. The SMILES string of the molecule is CCCCOc1ccc(OCCCC)c(N2CCC(=[N+]=[N-])CC2C(=O)C(CC)CCCC)c1. The van der Waals surface area contributed by atoms with Crippen LogP contribution >= 0.6 is 0 Å². The zero-order valence-electron chi connectivity index (χ0n) is 21.1. The minimum absolute atomic E-state index is 0.0175. The second kappa shape index (κ2) is 14.7. The van der Waals surface area contributed by atoms with Crippen LogP contribution in [0.4, 0.5) is 5.69 Å². The van der Waals surface area contributed by atoms with Crippen molar-refractivity contribution in [2.24, 2.45) is 5.92 Å². The Kier molecular flexibility index (Phi) is 12.0. The number of hydrogen-bond acceptors (Lipinski definition) is 4. The Balaban J connectivity index is 2.40. The number of piperidine rings is 1. The molecule has 0 amide bonds. The number of ether oxygens (including phenoxy) is 2. The predicted octanol–water partition coefficient (Wildman–Crippen LogP) is 6.47. The molecule has 1 aromatic carbocycles. The first-order valence-electron chi connectivity index (χ1n) is 13.0. The maximum Gasteiger partial charge on any atom is 0.273 e. The molecule has 0 bridgehead atoms. The van der Waals surface area contributed by atoms with Gasteiger partial charge in [-0.1, -0.05) is 53.4 Å². The van der Waals surface area contributed by atoms with Crippen LogP contribution < -0.4 is 14.4 Å². The third-order valence-corrected chi connectivity index (χ3v) is 6.48. The van der Waals surface area contributed by atoms with Crippen molar-refractivity contribution in [2.75, 3.05) is 24.7 Å². The number of anilines is 1. The van der Waals surface area contributed by atoms with E-state index in [0.717, 1.165) is 68.6 Å². The number of unbranched alkanes of at least 4 members (excludes halogenated alkanes) is 3. The predicted molar refractivity (Wildman–Crippen MR) is 135 cm³/mol. The lowest BCUT2D eigenvalue weighted by Crippen LogP contribution is -2.50. The minimum atomic E-state index is -0.356. The molecule has 6 nitrogen and oxygen atoms in total. The highest BCUT2D eigenvalue weighted by Crippen LogP contribution is 2.37. The van der Waals surface area contributed by atoms with E-state index in [9.17, 15) is 10.3 Å². The second-order valence-electron chi connectivity index (χ2n) is 9.01. The number of nitrogens with zero attached hydrogens (tertiary/aromatic N) is 3. The van der Waals surface area contributed by atoms with Gasteiger partial charge in [0.05, 0.1) is 37.8 Å². The standard InChI is InChI=1S/C27H43N3O3/c1-5-9-12-21(8-4)27(31)25-19-22(29-28)15-16-30(25)24-20-23(32-17-10-6-2)13-14-26(24)33-18-11-7-3/h13-14,20-21,25H,5-12,15-19H2,1-4H3. The van der Waals surface area contributed by atoms with Crippen molar-refractivity contribution in [1.29, 1.82) is 0 Å². The highest BCUT2D eigenvalue weighted by Gasteiger charge is 2.38. The molecule has 1 fully saturated rings. The lowest BCUT2D eigenvalue weighted by atomic mass is 9.85. The molecule has 184 valence electrons. The largest absolute Gasteiger partial charge is 0.494 e. The van der Waals surface area contributed by atoms with Gasteiger partial charge in [0.2, 0.25) is 0 Å². The summed E-state index contributed by atoms with van der Waals surface area (Å²) in [6.07, 6.45) is 9.05. The van der Waals surface area contributed by atoms with Gasteiger partial charge in [0.1, 0.15) is 11.5 Å². The monoisotopic (exact) mass is 457 g/mol. The summed E-state index contributed by atoms with van der Waals surface area (Å²) in [6, 6.07) is 5.59. The quantitative estimate of drug-likeness (QED) is 0.172. The zero-order valence-corrected chi connectivity index (χ0v) is 21.1. The van der Waals surface area contributed by atoms with E-state index in [1.807, 2.05) is 18.2 Å². The van der Waals surface area contributed by atoms with Crippen LogP contribution in [0, 0.1) is 5.92 Å².